The molecule has 1 fully saturated rings. The van der Waals surface area contributed by atoms with Gasteiger partial charge in [0.15, 0.2) is 0 Å². The van der Waals surface area contributed by atoms with Crippen LogP contribution < -0.4 is 5.32 Å². The van der Waals surface area contributed by atoms with Gasteiger partial charge in [0.25, 0.3) is 0 Å². The molecule has 0 saturated heterocycles. The van der Waals surface area contributed by atoms with Gasteiger partial charge in [-0.05, 0) is 19.1 Å². The molecule has 76 valence electrons. The third-order valence-corrected chi connectivity index (χ3v) is 3.28. The third kappa shape index (κ3) is 2.30. The Labute approximate surface area is 92.7 Å². The van der Waals surface area contributed by atoms with Gasteiger partial charge in [-0.15, -0.1) is 23.4 Å². The van der Waals surface area contributed by atoms with E-state index in [-0.39, 0.29) is 0 Å². The number of nitrogens with one attached hydrogen (secondary N) is 1. The molecule has 3 nitrogen and oxygen atoms in total. The molecule has 0 spiro atoms. The van der Waals surface area contributed by atoms with Crippen LogP contribution in [0.5, 0.6) is 0 Å². The summed E-state index contributed by atoms with van der Waals surface area (Å²) in [6.07, 6.45) is 5.65. The van der Waals surface area contributed by atoms with E-state index in [1.54, 1.807) is 18.1 Å². The molecule has 0 aliphatic heterocycles. The Bertz CT molecular complexity index is 315. The summed E-state index contributed by atoms with van der Waals surface area (Å²) < 4.78 is 0. The number of aromatic nitrogens is 2. The molecule has 1 aromatic rings. The highest BCUT2D eigenvalue weighted by Gasteiger charge is 2.27. The number of rotatable bonds is 3. The van der Waals surface area contributed by atoms with Gasteiger partial charge in [0, 0.05) is 17.5 Å². The fraction of sp³-hybridized carbons (Fsp3) is 0.556. The minimum absolute atomic E-state index is 0.342. The molecular formula is C9H12ClN3S. The Kier molecular flexibility index (Phi) is 3.13. The molecule has 5 heteroatoms. The van der Waals surface area contributed by atoms with Crippen molar-refractivity contribution in [3.05, 3.63) is 12.4 Å². The highest BCUT2D eigenvalue weighted by Crippen LogP contribution is 2.28. The van der Waals surface area contributed by atoms with E-state index in [0.717, 1.165) is 23.7 Å². The maximum atomic E-state index is 5.89. The molecule has 1 saturated carbocycles. The van der Waals surface area contributed by atoms with Crippen molar-refractivity contribution in [2.45, 2.75) is 29.3 Å². The van der Waals surface area contributed by atoms with E-state index in [4.69, 9.17) is 11.6 Å². The average Bonchev–Trinajstić information content (AvgIpc) is 2.16. The van der Waals surface area contributed by atoms with E-state index in [1.165, 1.54) is 0 Å². The van der Waals surface area contributed by atoms with Crippen LogP contribution in [0.25, 0.3) is 0 Å². The van der Waals surface area contributed by atoms with Crippen LogP contribution in [0.4, 0.5) is 5.82 Å². The summed E-state index contributed by atoms with van der Waals surface area (Å²) in [6.45, 7) is 0. The molecular weight excluding hydrogens is 218 g/mol. The van der Waals surface area contributed by atoms with Crippen molar-refractivity contribution in [3.63, 3.8) is 0 Å². The summed E-state index contributed by atoms with van der Waals surface area (Å²) in [5.74, 6) is 0.901. The van der Waals surface area contributed by atoms with Crippen LogP contribution in [-0.4, -0.2) is 27.6 Å². The summed E-state index contributed by atoms with van der Waals surface area (Å²) in [7, 11) is 0. The van der Waals surface area contributed by atoms with Crippen molar-refractivity contribution >= 4 is 29.2 Å². The van der Waals surface area contributed by atoms with Crippen LogP contribution in [0, 0.1) is 0 Å². The van der Waals surface area contributed by atoms with Crippen molar-refractivity contribution in [2.24, 2.45) is 0 Å². The molecule has 1 aromatic heterocycles. The number of nitrogens with zero attached hydrogens (tertiary/aromatic N) is 2. The Balaban J connectivity index is 1.95. The molecule has 1 N–H and O–H groups in total. The summed E-state index contributed by atoms with van der Waals surface area (Å²) >= 11 is 7.51. The monoisotopic (exact) mass is 229 g/mol. The number of hydrogen-bond acceptors (Lipinski definition) is 4. The topological polar surface area (TPSA) is 37.8 Å². The van der Waals surface area contributed by atoms with Crippen LogP contribution in [-0.2, 0) is 0 Å². The van der Waals surface area contributed by atoms with Crippen molar-refractivity contribution in [1.82, 2.24) is 9.97 Å². The summed E-state index contributed by atoms with van der Waals surface area (Å²) in [5, 5.41) is 4.67. The first-order valence-corrected chi connectivity index (χ1v) is 6.20. The number of thioether (sulfide) groups is 1. The minimum atomic E-state index is 0.342. The molecule has 1 aliphatic rings. The summed E-state index contributed by atoms with van der Waals surface area (Å²) in [5.41, 5.74) is 0. The Hall–Kier alpha value is -0.480. The van der Waals surface area contributed by atoms with Crippen molar-refractivity contribution in [2.75, 3.05) is 11.6 Å². The van der Waals surface area contributed by atoms with Gasteiger partial charge in [-0.3, -0.25) is 0 Å². The van der Waals surface area contributed by atoms with E-state index in [2.05, 4.69) is 15.3 Å². The van der Waals surface area contributed by atoms with Crippen molar-refractivity contribution in [1.29, 1.82) is 0 Å². The fourth-order valence-electron chi connectivity index (χ4n) is 1.41. The lowest BCUT2D eigenvalue weighted by Gasteiger charge is -2.31. The van der Waals surface area contributed by atoms with Crippen LogP contribution in [0.15, 0.2) is 17.4 Å². The van der Waals surface area contributed by atoms with E-state index in [9.17, 15) is 0 Å². The standard InChI is InChI=1S/C9H12ClN3S/c1-14-9-4-8(11-5-12-9)13-7-2-6(10)3-7/h4-7H,2-3H2,1H3,(H,11,12,13). The molecule has 0 amide bonds. The lowest BCUT2D eigenvalue weighted by atomic mass is 9.92. The summed E-state index contributed by atoms with van der Waals surface area (Å²) in [6, 6.07) is 2.45. The molecule has 0 atom stereocenters. The molecule has 1 heterocycles. The smallest absolute Gasteiger partial charge is 0.130 e. The van der Waals surface area contributed by atoms with Crippen LogP contribution >= 0.6 is 23.4 Å². The first-order valence-electron chi connectivity index (χ1n) is 4.54. The van der Waals surface area contributed by atoms with Gasteiger partial charge >= 0.3 is 0 Å². The lowest BCUT2D eigenvalue weighted by molar-refractivity contribution is 0.453. The van der Waals surface area contributed by atoms with Crippen molar-refractivity contribution < 1.29 is 0 Å². The van der Waals surface area contributed by atoms with Gasteiger partial charge in [-0.25, -0.2) is 9.97 Å². The first-order chi connectivity index (χ1) is 6.78. The Morgan fingerprint density at radius 3 is 2.93 bits per heavy atom. The second-order valence-corrected chi connectivity index (χ2v) is 4.80. The van der Waals surface area contributed by atoms with Gasteiger partial charge in [-0.2, -0.15) is 0 Å². The maximum Gasteiger partial charge on any atom is 0.130 e. The molecule has 0 aromatic carbocycles. The van der Waals surface area contributed by atoms with Crippen LogP contribution in [0.2, 0.25) is 0 Å². The Morgan fingerprint density at radius 2 is 2.29 bits per heavy atom. The van der Waals surface area contributed by atoms with Gasteiger partial charge in [-0.1, -0.05) is 0 Å². The van der Waals surface area contributed by atoms with Crippen LogP contribution in [0.1, 0.15) is 12.8 Å². The second kappa shape index (κ2) is 4.36. The highest BCUT2D eigenvalue weighted by atomic mass is 35.5. The zero-order valence-electron chi connectivity index (χ0n) is 7.90. The number of halogens is 1. The number of hydrogen-bond donors (Lipinski definition) is 1. The molecule has 2 rings (SSSR count). The van der Waals surface area contributed by atoms with E-state index >= 15 is 0 Å². The van der Waals surface area contributed by atoms with Gasteiger partial charge < -0.3 is 5.32 Å². The summed E-state index contributed by atoms with van der Waals surface area (Å²) in [4.78, 5) is 8.27. The highest BCUT2D eigenvalue weighted by molar-refractivity contribution is 7.98. The van der Waals surface area contributed by atoms with Gasteiger partial charge in [0.1, 0.15) is 17.2 Å². The van der Waals surface area contributed by atoms with Gasteiger partial charge in [0.05, 0.1) is 0 Å². The van der Waals surface area contributed by atoms with E-state index in [0.29, 0.717) is 11.4 Å². The van der Waals surface area contributed by atoms with Crippen molar-refractivity contribution in [3.8, 4) is 0 Å². The van der Waals surface area contributed by atoms with E-state index in [1.807, 2.05) is 12.3 Å². The molecule has 14 heavy (non-hydrogen) atoms. The average molecular weight is 230 g/mol. The fourth-order valence-corrected chi connectivity index (χ4v) is 2.22. The minimum Gasteiger partial charge on any atom is -0.367 e. The molecule has 0 bridgehead atoms. The first kappa shape index (κ1) is 10.1. The van der Waals surface area contributed by atoms with E-state index < -0.39 is 0 Å². The molecule has 0 unspecified atom stereocenters. The number of anilines is 1. The predicted molar refractivity (Wildman–Crippen MR) is 60.1 cm³/mol. The zero-order valence-corrected chi connectivity index (χ0v) is 9.48. The third-order valence-electron chi connectivity index (χ3n) is 2.28. The van der Waals surface area contributed by atoms with Crippen LogP contribution in [0.3, 0.4) is 0 Å². The quantitative estimate of drug-likeness (QED) is 0.491. The lowest BCUT2D eigenvalue weighted by Crippen LogP contribution is -2.36. The zero-order chi connectivity index (χ0) is 9.97. The molecule has 0 radical (unpaired) electrons. The van der Waals surface area contributed by atoms with Gasteiger partial charge in [0.2, 0.25) is 0 Å². The SMILES string of the molecule is CSc1cc(NC2CC(Cl)C2)ncn1. The second-order valence-electron chi connectivity index (χ2n) is 3.36. The normalized spacial score (nSPS) is 25.6. The predicted octanol–water partition coefficient (Wildman–Crippen LogP) is 2.38. The number of alkyl halides is 1. The molecule has 1 aliphatic carbocycles. The maximum absolute atomic E-state index is 5.89. The Morgan fingerprint density at radius 1 is 1.50 bits per heavy atom. The largest absolute Gasteiger partial charge is 0.367 e.